The van der Waals surface area contributed by atoms with Crippen LogP contribution in [0, 0.1) is 6.92 Å². The largest absolute Gasteiger partial charge is 0.412 e. The Hall–Kier alpha value is -2.31. The van der Waals surface area contributed by atoms with Gasteiger partial charge in [-0.3, -0.25) is 4.79 Å². The van der Waals surface area contributed by atoms with Crippen LogP contribution in [-0.4, -0.2) is 66.2 Å². The second-order valence-electron chi connectivity index (χ2n) is 5.40. The number of carbonyl (C=O) groups is 1. The molecule has 11 heteroatoms. The smallest absolute Gasteiger partial charge is 0.251 e. The van der Waals surface area contributed by atoms with E-state index in [9.17, 15) is 20.1 Å². The SMILES string of the molecule is Cc1nc(N)c2c(C(N)=O)cn([C@@H]3O[C@H](CO)[C@@H](O)[C@H]3O)c2n1.O. The molecule has 2 aromatic heterocycles. The monoisotopic (exact) mass is 341 g/mol. The quantitative estimate of drug-likeness (QED) is 0.394. The van der Waals surface area contributed by atoms with Crippen molar-refractivity contribution in [2.75, 3.05) is 12.3 Å². The van der Waals surface area contributed by atoms with Gasteiger partial charge in [-0.25, -0.2) is 9.97 Å². The number of nitrogen functional groups attached to an aromatic ring is 1. The highest BCUT2D eigenvalue weighted by molar-refractivity contribution is 6.08. The molecule has 0 saturated carbocycles. The highest BCUT2D eigenvalue weighted by Gasteiger charge is 2.44. The van der Waals surface area contributed by atoms with E-state index in [1.807, 2.05) is 0 Å². The van der Waals surface area contributed by atoms with Gasteiger partial charge in [0, 0.05) is 6.20 Å². The highest BCUT2D eigenvalue weighted by atomic mass is 16.6. The summed E-state index contributed by atoms with van der Waals surface area (Å²) in [6.07, 6.45) is -3.26. The lowest BCUT2D eigenvalue weighted by atomic mass is 10.1. The van der Waals surface area contributed by atoms with E-state index in [-0.39, 0.29) is 27.9 Å². The predicted octanol–water partition coefficient (Wildman–Crippen LogP) is -2.79. The number of aliphatic hydroxyl groups excluding tert-OH is 3. The van der Waals surface area contributed by atoms with Gasteiger partial charge in [0.1, 0.15) is 35.6 Å². The minimum absolute atomic E-state index is 0. The zero-order chi connectivity index (χ0) is 16.9. The first-order chi connectivity index (χ1) is 10.8. The first-order valence-corrected chi connectivity index (χ1v) is 6.92. The molecule has 132 valence electrons. The lowest BCUT2D eigenvalue weighted by Crippen LogP contribution is -2.33. The van der Waals surface area contributed by atoms with Crippen molar-refractivity contribution in [1.29, 1.82) is 0 Å². The second-order valence-corrected chi connectivity index (χ2v) is 5.40. The number of hydrogen-bond acceptors (Lipinski definition) is 8. The van der Waals surface area contributed by atoms with E-state index in [1.54, 1.807) is 6.92 Å². The minimum Gasteiger partial charge on any atom is -0.412 e. The van der Waals surface area contributed by atoms with Crippen LogP contribution in [0.15, 0.2) is 6.20 Å². The van der Waals surface area contributed by atoms with Crippen LogP contribution in [0.1, 0.15) is 22.4 Å². The molecule has 0 aromatic carbocycles. The van der Waals surface area contributed by atoms with Crippen molar-refractivity contribution in [3.05, 3.63) is 17.6 Å². The van der Waals surface area contributed by atoms with E-state index in [1.165, 1.54) is 10.8 Å². The number of carbonyl (C=O) groups excluding carboxylic acids is 1. The Labute approximate surface area is 135 Å². The molecule has 1 fully saturated rings. The predicted molar refractivity (Wildman–Crippen MR) is 81.8 cm³/mol. The Balaban J connectivity index is 0.00000208. The van der Waals surface area contributed by atoms with Crippen molar-refractivity contribution in [1.82, 2.24) is 14.5 Å². The van der Waals surface area contributed by atoms with Crippen molar-refractivity contribution >= 4 is 22.8 Å². The van der Waals surface area contributed by atoms with E-state index < -0.39 is 37.1 Å². The molecular weight excluding hydrogens is 322 g/mol. The van der Waals surface area contributed by atoms with Crippen LogP contribution in [0.5, 0.6) is 0 Å². The number of aromatic nitrogens is 3. The number of ether oxygens (including phenoxy) is 1. The fraction of sp³-hybridized carbons (Fsp3) is 0.462. The molecule has 0 radical (unpaired) electrons. The van der Waals surface area contributed by atoms with E-state index >= 15 is 0 Å². The average Bonchev–Trinajstić information content (AvgIpc) is 2.99. The molecule has 24 heavy (non-hydrogen) atoms. The van der Waals surface area contributed by atoms with Crippen LogP contribution < -0.4 is 11.5 Å². The Kier molecular flexibility index (Phi) is 4.73. The zero-order valence-corrected chi connectivity index (χ0v) is 12.7. The van der Waals surface area contributed by atoms with Gasteiger partial charge in [-0.15, -0.1) is 0 Å². The molecule has 3 heterocycles. The van der Waals surface area contributed by atoms with Gasteiger partial charge in [0.2, 0.25) is 0 Å². The molecule has 0 aliphatic carbocycles. The molecule has 1 amide bonds. The molecule has 2 aromatic rings. The molecule has 1 aliphatic heterocycles. The molecule has 0 bridgehead atoms. The van der Waals surface area contributed by atoms with Gasteiger partial charge in [-0.2, -0.15) is 0 Å². The third-order valence-electron chi connectivity index (χ3n) is 3.87. The normalized spacial score (nSPS) is 26.5. The van der Waals surface area contributed by atoms with Gasteiger partial charge in [-0.1, -0.05) is 0 Å². The van der Waals surface area contributed by atoms with E-state index in [0.717, 1.165) is 0 Å². The summed E-state index contributed by atoms with van der Waals surface area (Å²) in [5.74, 6) is -0.302. The maximum absolute atomic E-state index is 11.7. The van der Waals surface area contributed by atoms with E-state index in [0.29, 0.717) is 5.82 Å². The molecule has 1 aliphatic rings. The number of amides is 1. The lowest BCUT2D eigenvalue weighted by molar-refractivity contribution is -0.0509. The first kappa shape index (κ1) is 18.0. The molecule has 4 atom stereocenters. The summed E-state index contributed by atoms with van der Waals surface area (Å²) in [4.78, 5) is 19.9. The molecule has 1 saturated heterocycles. The van der Waals surface area contributed by atoms with Gasteiger partial charge < -0.3 is 41.6 Å². The van der Waals surface area contributed by atoms with Crippen LogP contribution in [-0.2, 0) is 4.74 Å². The third-order valence-corrected chi connectivity index (χ3v) is 3.87. The average molecular weight is 341 g/mol. The molecular formula is C13H19N5O6. The summed E-state index contributed by atoms with van der Waals surface area (Å²) in [6, 6.07) is 0. The number of rotatable bonds is 3. The number of nitrogens with zero attached hydrogens (tertiary/aromatic N) is 3. The minimum atomic E-state index is -1.32. The number of anilines is 1. The summed E-state index contributed by atoms with van der Waals surface area (Å²) < 4.78 is 6.83. The third kappa shape index (κ3) is 2.57. The van der Waals surface area contributed by atoms with Gasteiger partial charge in [0.25, 0.3) is 5.91 Å². The van der Waals surface area contributed by atoms with Crippen molar-refractivity contribution in [2.24, 2.45) is 5.73 Å². The van der Waals surface area contributed by atoms with Gasteiger partial charge in [0.15, 0.2) is 6.23 Å². The summed E-state index contributed by atoms with van der Waals surface area (Å²) in [5, 5.41) is 29.5. The van der Waals surface area contributed by atoms with E-state index in [4.69, 9.17) is 16.2 Å². The molecule has 0 unspecified atom stereocenters. The fourth-order valence-corrected chi connectivity index (χ4v) is 2.78. The Morgan fingerprint density at radius 1 is 1.38 bits per heavy atom. The Morgan fingerprint density at radius 2 is 2.04 bits per heavy atom. The number of aliphatic hydroxyl groups is 3. The number of nitrogens with two attached hydrogens (primary N) is 2. The summed E-state index contributed by atoms with van der Waals surface area (Å²) in [5.41, 5.74) is 11.5. The second kappa shape index (κ2) is 6.30. The molecule has 0 spiro atoms. The summed E-state index contributed by atoms with van der Waals surface area (Å²) in [7, 11) is 0. The number of fused-ring (bicyclic) bond motifs is 1. The van der Waals surface area contributed by atoms with Crippen LogP contribution >= 0.6 is 0 Å². The fourth-order valence-electron chi connectivity index (χ4n) is 2.78. The zero-order valence-electron chi connectivity index (χ0n) is 12.7. The maximum atomic E-state index is 11.7. The van der Waals surface area contributed by atoms with Crippen molar-refractivity contribution in [3.8, 4) is 0 Å². The summed E-state index contributed by atoms with van der Waals surface area (Å²) in [6.45, 7) is 1.15. The van der Waals surface area contributed by atoms with Crippen molar-refractivity contribution < 1.29 is 30.3 Å². The van der Waals surface area contributed by atoms with Gasteiger partial charge in [-0.05, 0) is 6.92 Å². The topological polar surface area (TPSA) is 201 Å². The number of hydrogen-bond donors (Lipinski definition) is 5. The number of aryl methyl sites for hydroxylation is 1. The van der Waals surface area contributed by atoms with Crippen LogP contribution in [0.3, 0.4) is 0 Å². The lowest BCUT2D eigenvalue weighted by Gasteiger charge is -2.17. The molecule has 9 N–H and O–H groups in total. The van der Waals surface area contributed by atoms with Crippen LogP contribution in [0.25, 0.3) is 11.0 Å². The van der Waals surface area contributed by atoms with Gasteiger partial charge in [0.05, 0.1) is 17.6 Å². The van der Waals surface area contributed by atoms with E-state index in [2.05, 4.69) is 9.97 Å². The van der Waals surface area contributed by atoms with Crippen molar-refractivity contribution in [3.63, 3.8) is 0 Å². The molecule has 3 rings (SSSR count). The van der Waals surface area contributed by atoms with Crippen molar-refractivity contribution in [2.45, 2.75) is 31.5 Å². The maximum Gasteiger partial charge on any atom is 0.251 e. The summed E-state index contributed by atoms with van der Waals surface area (Å²) >= 11 is 0. The standard InChI is InChI=1S/C13H17N5O5.H2O/c1-4-16-10(14)7-5(11(15)22)2-18(12(7)17-4)13-9(21)8(20)6(3-19)23-13;/h2,6,8-9,13,19-21H,3H2,1H3,(H2,15,22)(H2,14,16,17);1H2/t6-,8-,9-,13-;/m1./s1. The Bertz CT molecular complexity index is 778. The van der Waals surface area contributed by atoms with Gasteiger partial charge >= 0.3 is 0 Å². The highest BCUT2D eigenvalue weighted by Crippen LogP contribution is 2.34. The Morgan fingerprint density at radius 3 is 2.58 bits per heavy atom. The molecule has 11 nitrogen and oxygen atoms in total. The first-order valence-electron chi connectivity index (χ1n) is 6.92. The van der Waals surface area contributed by atoms with Crippen LogP contribution in [0.4, 0.5) is 5.82 Å². The van der Waals surface area contributed by atoms with Crippen LogP contribution in [0.2, 0.25) is 0 Å². The number of primary amides is 1.